The average molecular weight is 510 g/mol. The summed E-state index contributed by atoms with van der Waals surface area (Å²) < 4.78 is 13.0. The number of hydrogen-bond donors (Lipinski definition) is 2. The van der Waals surface area contributed by atoms with Crippen molar-refractivity contribution in [3.63, 3.8) is 0 Å². The molecule has 7 rings (SSSR count). The van der Waals surface area contributed by atoms with E-state index in [2.05, 4.69) is 37.8 Å². The van der Waals surface area contributed by atoms with Gasteiger partial charge in [-0.3, -0.25) is 9.80 Å². The van der Waals surface area contributed by atoms with Gasteiger partial charge in [-0.05, 0) is 68.3 Å². The fraction of sp³-hybridized carbons (Fsp3) is 0.714. The molecule has 1 amide bonds. The number of aliphatic carboxylic acids is 1. The van der Waals surface area contributed by atoms with E-state index in [1.165, 1.54) is 6.42 Å². The molecular formula is C28H39BN2O6. The van der Waals surface area contributed by atoms with Crippen LogP contribution in [-0.4, -0.2) is 76.1 Å². The molecule has 1 aromatic rings. The number of likely N-dealkylation sites (tertiary alicyclic amines) is 2. The fourth-order valence-electron chi connectivity index (χ4n) is 8.93. The van der Waals surface area contributed by atoms with Crippen molar-refractivity contribution in [1.29, 1.82) is 0 Å². The predicted molar refractivity (Wildman–Crippen MR) is 138 cm³/mol. The quantitative estimate of drug-likeness (QED) is 0.531. The van der Waals surface area contributed by atoms with Gasteiger partial charge in [0.05, 0.1) is 11.7 Å². The summed E-state index contributed by atoms with van der Waals surface area (Å²) in [6.45, 7) is 8.62. The first-order chi connectivity index (χ1) is 17.6. The molecule has 2 N–H and O–H groups in total. The van der Waals surface area contributed by atoms with Gasteiger partial charge in [-0.1, -0.05) is 50.6 Å². The Kier molecular flexibility index (Phi) is 5.93. The van der Waals surface area contributed by atoms with Crippen LogP contribution in [0.2, 0.25) is 6.32 Å². The van der Waals surface area contributed by atoms with Gasteiger partial charge in [0.2, 0.25) is 0 Å². The van der Waals surface area contributed by atoms with Crippen LogP contribution in [0.5, 0.6) is 0 Å². The van der Waals surface area contributed by atoms with E-state index in [1.54, 1.807) is 0 Å². The molecule has 200 valence electrons. The summed E-state index contributed by atoms with van der Waals surface area (Å²) in [4.78, 5) is 28.1. The smallest absolute Gasteiger partial charge is 0.457 e. The Labute approximate surface area is 219 Å². The van der Waals surface area contributed by atoms with Crippen molar-refractivity contribution in [2.24, 2.45) is 22.7 Å². The van der Waals surface area contributed by atoms with Crippen molar-refractivity contribution in [2.75, 3.05) is 13.1 Å². The molecule has 3 aliphatic carbocycles. The van der Waals surface area contributed by atoms with Crippen LogP contribution in [0.25, 0.3) is 0 Å². The van der Waals surface area contributed by atoms with Crippen molar-refractivity contribution < 1.29 is 29.1 Å². The van der Waals surface area contributed by atoms with E-state index in [1.807, 2.05) is 18.2 Å². The molecule has 0 radical (unpaired) electrons. The molecule has 1 aromatic carbocycles. The number of nitrogens with zero attached hydrogens (tertiary/aromatic N) is 2. The lowest BCUT2D eigenvalue weighted by atomic mass is 9.43. The average Bonchev–Trinajstić information content (AvgIpc) is 3.47. The Morgan fingerprint density at radius 1 is 1.14 bits per heavy atom. The first-order valence-corrected chi connectivity index (χ1v) is 13.9. The molecule has 8 nitrogen and oxygen atoms in total. The molecule has 3 heterocycles. The van der Waals surface area contributed by atoms with E-state index in [0.717, 1.165) is 29.8 Å². The molecule has 3 saturated heterocycles. The second-order valence-electron chi connectivity index (χ2n) is 12.9. The summed E-state index contributed by atoms with van der Waals surface area (Å²) >= 11 is 0. The lowest BCUT2D eigenvalue weighted by molar-refractivity contribution is -0.199. The Bertz CT molecular complexity index is 1070. The Morgan fingerprint density at radius 3 is 2.57 bits per heavy atom. The number of fused-ring (bicyclic) bond motifs is 1. The zero-order valence-electron chi connectivity index (χ0n) is 22.1. The first-order valence-electron chi connectivity index (χ1n) is 13.9. The van der Waals surface area contributed by atoms with E-state index >= 15 is 0 Å². The third kappa shape index (κ3) is 3.75. The number of amides is 1. The monoisotopic (exact) mass is 510 g/mol. The van der Waals surface area contributed by atoms with E-state index in [4.69, 9.17) is 9.31 Å². The molecule has 6 fully saturated rings. The molecule has 37 heavy (non-hydrogen) atoms. The number of carboxylic acid groups (broad SMARTS) is 2. The summed E-state index contributed by atoms with van der Waals surface area (Å²) in [5.74, 6) is 0.164. The number of benzene rings is 1. The third-order valence-corrected chi connectivity index (χ3v) is 11.0. The van der Waals surface area contributed by atoms with Crippen molar-refractivity contribution in [1.82, 2.24) is 9.80 Å². The fourth-order valence-corrected chi connectivity index (χ4v) is 8.93. The van der Waals surface area contributed by atoms with Crippen molar-refractivity contribution in [3.8, 4) is 0 Å². The maximum absolute atomic E-state index is 12.5. The maximum atomic E-state index is 12.5. The molecule has 0 unspecified atom stereocenters. The molecular weight excluding hydrogens is 471 g/mol. The van der Waals surface area contributed by atoms with Gasteiger partial charge in [0.25, 0.3) is 0 Å². The number of carboxylic acids is 1. The second kappa shape index (κ2) is 8.71. The zero-order chi connectivity index (χ0) is 26.2. The van der Waals surface area contributed by atoms with Gasteiger partial charge in [-0.25, -0.2) is 9.59 Å². The highest BCUT2D eigenvalue weighted by molar-refractivity contribution is 6.45. The molecule has 3 saturated carbocycles. The largest absolute Gasteiger partial charge is 0.480 e. The lowest BCUT2D eigenvalue weighted by Gasteiger charge is -2.64. The predicted octanol–water partition coefficient (Wildman–Crippen LogP) is 4.20. The van der Waals surface area contributed by atoms with Gasteiger partial charge in [0, 0.05) is 24.5 Å². The Hall–Kier alpha value is -2.10. The van der Waals surface area contributed by atoms with Crippen LogP contribution in [0.15, 0.2) is 30.3 Å². The molecule has 9 heteroatoms. The van der Waals surface area contributed by atoms with Crippen LogP contribution >= 0.6 is 0 Å². The van der Waals surface area contributed by atoms with E-state index in [-0.39, 0.29) is 31.4 Å². The summed E-state index contributed by atoms with van der Waals surface area (Å²) in [7, 11) is -0.276. The molecule has 0 aromatic heterocycles. The van der Waals surface area contributed by atoms with Gasteiger partial charge in [-0.15, -0.1) is 0 Å². The number of hydrogen-bond acceptors (Lipinski definition) is 5. The summed E-state index contributed by atoms with van der Waals surface area (Å²) in [6.07, 6.45) is 4.02. The third-order valence-electron chi connectivity index (χ3n) is 11.0. The summed E-state index contributed by atoms with van der Waals surface area (Å²) in [5.41, 5.74) is 0.586. The van der Waals surface area contributed by atoms with Crippen molar-refractivity contribution in [3.05, 3.63) is 35.9 Å². The van der Waals surface area contributed by atoms with Crippen molar-refractivity contribution in [2.45, 2.75) is 89.5 Å². The number of carbonyl (C=O) groups is 2. The van der Waals surface area contributed by atoms with Crippen LogP contribution in [0.4, 0.5) is 4.79 Å². The molecule has 6 aliphatic rings. The number of rotatable bonds is 7. The van der Waals surface area contributed by atoms with Gasteiger partial charge in [0.1, 0.15) is 6.04 Å². The minimum absolute atomic E-state index is 0.122. The highest BCUT2D eigenvalue weighted by atomic mass is 16.7. The van der Waals surface area contributed by atoms with Crippen LogP contribution in [-0.2, 0) is 20.6 Å². The summed E-state index contributed by atoms with van der Waals surface area (Å²) in [5, 5.41) is 20.1. The molecule has 3 aliphatic heterocycles. The van der Waals surface area contributed by atoms with E-state index in [9.17, 15) is 19.8 Å². The SMILES string of the molecule is CC1(C)[C@@H]2C[C@H]3OB(CCC[C@]45CCN(Cc6ccccc6)[C@H]4CN(C(=O)O)[C@@H]5C(=O)O)O[C@@]3(C)[C@H]1C2. The summed E-state index contributed by atoms with van der Waals surface area (Å²) in [6, 6.07) is 8.97. The maximum Gasteiger partial charge on any atom is 0.457 e. The van der Waals surface area contributed by atoms with E-state index in [0.29, 0.717) is 43.0 Å². The van der Waals surface area contributed by atoms with Gasteiger partial charge in [0.15, 0.2) is 0 Å². The van der Waals surface area contributed by atoms with Crippen LogP contribution < -0.4 is 0 Å². The topological polar surface area (TPSA) is 99.5 Å². The molecule has 7 atom stereocenters. The Morgan fingerprint density at radius 2 is 1.89 bits per heavy atom. The van der Waals surface area contributed by atoms with Gasteiger partial charge >= 0.3 is 19.2 Å². The Balaban J connectivity index is 1.17. The standard InChI is InChI=1S/C28H39BN2O6/c1-26(2)19-14-20(26)27(3)22(15-19)36-29(37-27)12-7-10-28-11-13-30(16-18-8-5-4-6-9-18)21(28)17-31(25(34)35)23(28)24(32)33/h4-6,8-9,19-23H,7,10-17H2,1-3H3,(H,32,33)(H,34,35)/t19-,20-,21-,22+,23+,27-,28-/m0/s1. The van der Waals surface area contributed by atoms with Crippen LogP contribution in [0, 0.1) is 22.7 Å². The highest BCUT2D eigenvalue weighted by Crippen LogP contribution is 2.66. The zero-order valence-corrected chi connectivity index (χ0v) is 22.1. The lowest BCUT2D eigenvalue weighted by Crippen LogP contribution is -2.65. The van der Waals surface area contributed by atoms with Gasteiger partial charge in [-0.2, -0.15) is 0 Å². The normalized spacial score (nSPS) is 39.8. The molecule has 2 bridgehead atoms. The minimum atomic E-state index is -1.15. The first kappa shape index (κ1) is 25.2. The minimum Gasteiger partial charge on any atom is -0.480 e. The van der Waals surface area contributed by atoms with Crippen molar-refractivity contribution >= 4 is 19.2 Å². The highest BCUT2D eigenvalue weighted by Gasteiger charge is 2.68. The molecule has 0 spiro atoms. The van der Waals surface area contributed by atoms with Gasteiger partial charge < -0.3 is 19.5 Å². The second-order valence-corrected chi connectivity index (χ2v) is 12.9. The van der Waals surface area contributed by atoms with Crippen LogP contribution in [0.3, 0.4) is 0 Å². The van der Waals surface area contributed by atoms with E-state index < -0.39 is 23.5 Å². The van der Waals surface area contributed by atoms with Crippen LogP contribution in [0.1, 0.15) is 58.4 Å².